The van der Waals surface area contributed by atoms with Crippen molar-refractivity contribution < 1.29 is 14.6 Å². The van der Waals surface area contributed by atoms with Crippen molar-refractivity contribution in [1.29, 1.82) is 0 Å². The average Bonchev–Trinajstić information content (AvgIpc) is 2.71. The van der Waals surface area contributed by atoms with Crippen molar-refractivity contribution in [3.8, 4) is 11.5 Å². The Labute approximate surface area is 165 Å². The molecule has 0 fully saturated rings. The van der Waals surface area contributed by atoms with Gasteiger partial charge in [-0.05, 0) is 73.7 Å². The van der Waals surface area contributed by atoms with Crippen LogP contribution in [0.3, 0.4) is 0 Å². The maximum absolute atomic E-state index is 12.4. The number of phenols is 1. The number of rotatable bonds is 8. The van der Waals surface area contributed by atoms with E-state index in [1.54, 1.807) is 42.5 Å². The van der Waals surface area contributed by atoms with E-state index in [-0.39, 0.29) is 11.7 Å². The van der Waals surface area contributed by atoms with Crippen LogP contribution in [-0.4, -0.2) is 17.6 Å². The van der Waals surface area contributed by atoms with E-state index >= 15 is 0 Å². The van der Waals surface area contributed by atoms with Crippen molar-refractivity contribution >= 4 is 11.6 Å². The van der Waals surface area contributed by atoms with E-state index in [1.807, 2.05) is 13.0 Å². The molecule has 0 aliphatic heterocycles. The van der Waals surface area contributed by atoms with E-state index in [4.69, 9.17) is 4.74 Å². The third-order valence-electron chi connectivity index (χ3n) is 4.49. The highest BCUT2D eigenvalue weighted by atomic mass is 16.5. The molecule has 28 heavy (non-hydrogen) atoms. The fourth-order valence-electron chi connectivity index (χ4n) is 2.91. The van der Waals surface area contributed by atoms with Gasteiger partial charge in [-0.3, -0.25) is 4.79 Å². The predicted octanol–water partition coefficient (Wildman–Crippen LogP) is 5.35. The van der Waals surface area contributed by atoms with Crippen molar-refractivity contribution in [3.05, 3.63) is 89.5 Å². The second-order valence-corrected chi connectivity index (χ2v) is 6.79. The van der Waals surface area contributed by atoms with E-state index < -0.39 is 0 Å². The highest BCUT2D eigenvalue weighted by Crippen LogP contribution is 2.24. The smallest absolute Gasteiger partial charge is 0.255 e. The van der Waals surface area contributed by atoms with E-state index in [0.717, 1.165) is 30.6 Å². The molecule has 0 spiro atoms. The molecule has 0 atom stereocenters. The van der Waals surface area contributed by atoms with Gasteiger partial charge in [0.2, 0.25) is 0 Å². The Hall–Kier alpha value is -3.27. The third-order valence-corrected chi connectivity index (χ3v) is 4.49. The molecule has 2 N–H and O–H groups in total. The third kappa shape index (κ3) is 5.61. The normalized spacial score (nSPS) is 10.5. The number of benzene rings is 3. The molecular formula is C24H25NO3. The second-order valence-electron chi connectivity index (χ2n) is 6.79. The van der Waals surface area contributed by atoms with E-state index in [2.05, 4.69) is 29.6 Å². The molecule has 0 saturated heterocycles. The zero-order valence-corrected chi connectivity index (χ0v) is 16.0. The number of hydrogen-bond donors (Lipinski definition) is 2. The standard InChI is InChI=1S/C24H25NO3/c1-18-10-15-23(26)22(17-18)25-24(27)20-11-13-21(14-12-20)28-16-6-5-9-19-7-3-2-4-8-19/h2-4,7-8,10-15,17,26H,5-6,9,16H2,1H3,(H,25,27). The highest BCUT2D eigenvalue weighted by Gasteiger charge is 2.09. The van der Waals surface area contributed by atoms with Crippen LogP contribution in [0, 0.1) is 6.92 Å². The van der Waals surface area contributed by atoms with Gasteiger partial charge >= 0.3 is 0 Å². The van der Waals surface area contributed by atoms with Gasteiger partial charge in [-0.25, -0.2) is 0 Å². The first-order valence-corrected chi connectivity index (χ1v) is 9.49. The van der Waals surface area contributed by atoms with Crippen molar-refractivity contribution in [1.82, 2.24) is 0 Å². The molecule has 0 unspecified atom stereocenters. The van der Waals surface area contributed by atoms with Crippen molar-refractivity contribution in [3.63, 3.8) is 0 Å². The number of anilines is 1. The molecule has 0 radical (unpaired) electrons. The molecule has 0 aliphatic carbocycles. The quantitative estimate of drug-likeness (QED) is 0.412. The number of unbranched alkanes of at least 4 members (excludes halogenated alkanes) is 1. The Kier molecular flexibility index (Phi) is 6.68. The molecule has 3 aromatic carbocycles. The zero-order chi connectivity index (χ0) is 19.8. The molecule has 0 bridgehead atoms. The molecule has 0 heterocycles. The van der Waals surface area contributed by atoms with Crippen molar-refractivity contribution in [2.24, 2.45) is 0 Å². The van der Waals surface area contributed by atoms with Gasteiger partial charge in [0.15, 0.2) is 0 Å². The first-order chi connectivity index (χ1) is 13.6. The molecular weight excluding hydrogens is 350 g/mol. The van der Waals surface area contributed by atoms with Gasteiger partial charge in [-0.15, -0.1) is 0 Å². The zero-order valence-electron chi connectivity index (χ0n) is 16.0. The number of carbonyl (C=O) groups excluding carboxylic acids is 1. The molecule has 144 valence electrons. The number of nitrogens with one attached hydrogen (secondary N) is 1. The minimum Gasteiger partial charge on any atom is -0.506 e. The van der Waals surface area contributed by atoms with Gasteiger partial charge in [0, 0.05) is 5.56 Å². The monoisotopic (exact) mass is 375 g/mol. The maximum Gasteiger partial charge on any atom is 0.255 e. The number of aryl methyl sites for hydroxylation is 2. The Morgan fingerprint density at radius 2 is 1.71 bits per heavy atom. The first-order valence-electron chi connectivity index (χ1n) is 9.49. The molecule has 3 rings (SSSR count). The van der Waals surface area contributed by atoms with Crippen LogP contribution in [0.4, 0.5) is 5.69 Å². The van der Waals surface area contributed by atoms with Crippen LogP contribution in [0.1, 0.15) is 34.3 Å². The van der Waals surface area contributed by atoms with Gasteiger partial charge in [0.1, 0.15) is 11.5 Å². The van der Waals surface area contributed by atoms with Crippen LogP contribution < -0.4 is 10.1 Å². The summed E-state index contributed by atoms with van der Waals surface area (Å²) in [5.74, 6) is 0.527. The van der Waals surface area contributed by atoms with Gasteiger partial charge in [-0.2, -0.15) is 0 Å². The van der Waals surface area contributed by atoms with Crippen LogP contribution in [0.25, 0.3) is 0 Å². The summed E-state index contributed by atoms with van der Waals surface area (Å²) in [6, 6.07) is 22.6. The topological polar surface area (TPSA) is 58.6 Å². The van der Waals surface area contributed by atoms with Gasteiger partial charge in [0.05, 0.1) is 12.3 Å². The predicted molar refractivity (Wildman–Crippen MR) is 112 cm³/mol. The fraction of sp³-hybridized carbons (Fsp3) is 0.208. The summed E-state index contributed by atoms with van der Waals surface area (Å²) >= 11 is 0. The van der Waals surface area contributed by atoms with Crippen LogP contribution >= 0.6 is 0 Å². The van der Waals surface area contributed by atoms with Crippen LogP contribution in [-0.2, 0) is 6.42 Å². The summed E-state index contributed by atoms with van der Waals surface area (Å²) < 4.78 is 5.76. The molecule has 1 amide bonds. The van der Waals surface area contributed by atoms with Crippen molar-refractivity contribution in [2.45, 2.75) is 26.2 Å². The Morgan fingerprint density at radius 1 is 0.964 bits per heavy atom. The lowest BCUT2D eigenvalue weighted by molar-refractivity contribution is 0.102. The van der Waals surface area contributed by atoms with Gasteiger partial charge in [0.25, 0.3) is 5.91 Å². The Bertz CT molecular complexity index is 905. The first kappa shape index (κ1) is 19.5. The lowest BCUT2D eigenvalue weighted by atomic mass is 10.1. The van der Waals surface area contributed by atoms with Crippen LogP contribution in [0.15, 0.2) is 72.8 Å². The molecule has 0 saturated carbocycles. The molecule has 0 aromatic heterocycles. The minimum atomic E-state index is -0.268. The van der Waals surface area contributed by atoms with Gasteiger partial charge < -0.3 is 15.2 Å². The summed E-state index contributed by atoms with van der Waals surface area (Å²) in [6.07, 6.45) is 3.10. The van der Waals surface area contributed by atoms with E-state index in [9.17, 15) is 9.90 Å². The number of aromatic hydroxyl groups is 1. The Morgan fingerprint density at radius 3 is 2.46 bits per heavy atom. The van der Waals surface area contributed by atoms with Crippen LogP contribution in [0.5, 0.6) is 11.5 Å². The molecule has 4 nitrogen and oxygen atoms in total. The summed E-state index contributed by atoms with van der Waals surface area (Å²) in [4.78, 5) is 12.4. The van der Waals surface area contributed by atoms with E-state index in [1.165, 1.54) is 5.56 Å². The number of carbonyl (C=O) groups is 1. The fourth-order valence-corrected chi connectivity index (χ4v) is 2.91. The van der Waals surface area contributed by atoms with Crippen LogP contribution in [0.2, 0.25) is 0 Å². The largest absolute Gasteiger partial charge is 0.506 e. The summed E-state index contributed by atoms with van der Waals surface area (Å²) in [5.41, 5.74) is 3.22. The lowest BCUT2D eigenvalue weighted by Gasteiger charge is -2.10. The minimum absolute atomic E-state index is 0.0504. The number of ether oxygens (including phenoxy) is 1. The molecule has 0 aliphatic rings. The molecule has 3 aromatic rings. The lowest BCUT2D eigenvalue weighted by Crippen LogP contribution is -2.12. The highest BCUT2D eigenvalue weighted by molar-refractivity contribution is 6.05. The second kappa shape index (κ2) is 9.60. The molecule has 4 heteroatoms. The summed E-state index contributed by atoms with van der Waals surface area (Å²) in [5, 5.41) is 12.6. The van der Waals surface area contributed by atoms with E-state index in [0.29, 0.717) is 17.9 Å². The summed E-state index contributed by atoms with van der Waals surface area (Å²) in [7, 11) is 0. The average molecular weight is 375 g/mol. The van der Waals surface area contributed by atoms with Crippen molar-refractivity contribution in [2.75, 3.05) is 11.9 Å². The SMILES string of the molecule is Cc1ccc(O)c(NC(=O)c2ccc(OCCCCc3ccccc3)cc2)c1. The summed E-state index contributed by atoms with van der Waals surface area (Å²) in [6.45, 7) is 2.55. The Balaban J connectivity index is 1.45. The number of amides is 1. The number of hydrogen-bond acceptors (Lipinski definition) is 3. The van der Waals surface area contributed by atoms with Gasteiger partial charge in [-0.1, -0.05) is 36.4 Å². The number of phenolic OH excluding ortho intramolecular Hbond substituents is 1. The maximum atomic E-state index is 12.4.